The van der Waals surface area contributed by atoms with Crippen molar-refractivity contribution >= 4 is 54.3 Å². The van der Waals surface area contributed by atoms with Crippen molar-refractivity contribution < 1.29 is 15.4 Å². The lowest BCUT2D eigenvalue weighted by Crippen LogP contribution is -1.91. The summed E-state index contributed by atoms with van der Waals surface area (Å²) in [7, 11) is 0. The largest absolute Gasteiger partial charge is 0.456 e. The van der Waals surface area contributed by atoms with E-state index in [1.165, 1.54) is 0 Å². The number of benzene rings is 8. The summed E-state index contributed by atoms with van der Waals surface area (Å²) in [6.45, 7) is 0. The molecule has 9 aromatic rings. The lowest BCUT2D eigenvalue weighted by Gasteiger charge is -2.18. The Bertz CT molecular complexity index is 2860. The van der Waals surface area contributed by atoms with Crippen LogP contribution in [0.5, 0.6) is 0 Å². The molecule has 0 aliphatic heterocycles. The Hall–Kier alpha value is -5.66. The fraction of sp³-hybridized carbons (Fsp3) is 0. The molecule has 200 valence electrons. The molecule has 0 saturated carbocycles. The first kappa shape index (κ1) is 17.3. The Morgan fingerprint density at radius 2 is 1.00 bits per heavy atom. The van der Waals surface area contributed by atoms with Gasteiger partial charge in [0.25, 0.3) is 0 Å². The highest BCUT2D eigenvalue weighted by Crippen LogP contribution is 2.46. The van der Waals surface area contributed by atoms with Crippen molar-refractivity contribution in [2.24, 2.45) is 0 Å². The second kappa shape index (κ2) is 9.44. The molecule has 1 aromatic heterocycles. The molecule has 0 fully saturated rings. The molecule has 0 radical (unpaired) electrons. The van der Waals surface area contributed by atoms with Crippen molar-refractivity contribution in [3.05, 3.63) is 158 Å². The van der Waals surface area contributed by atoms with Crippen LogP contribution in [0.1, 0.15) is 11.0 Å². The molecule has 0 spiro atoms. The monoisotopic (exact) mass is 554 g/mol. The first-order chi connectivity index (χ1) is 24.7. The van der Waals surface area contributed by atoms with Crippen molar-refractivity contribution in [2.75, 3.05) is 0 Å². The van der Waals surface area contributed by atoms with Gasteiger partial charge in [0.2, 0.25) is 0 Å². The minimum atomic E-state index is -0.434. The molecule has 0 bridgehead atoms. The summed E-state index contributed by atoms with van der Waals surface area (Å²) >= 11 is 0. The van der Waals surface area contributed by atoms with E-state index >= 15 is 0 Å². The van der Waals surface area contributed by atoms with E-state index in [4.69, 9.17) is 9.90 Å². The number of hydrogen-bond donors (Lipinski definition) is 0. The number of para-hydroxylation sites is 1. The predicted molar refractivity (Wildman–Crippen MR) is 183 cm³/mol. The fourth-order valence-corrected chi connectivity index (χ4v) is 6.36. The second-order valence-electron chi connectivity index (χ2n) is 10.7. The summed E-state index contributed by atoms with van der Waals surface area (Å²) in [6, 6.07) is 31.9. The van der Waals surface area contributed by atoms with Crippen molar-refractivity contribution in [1.82, 2.24) is 0 Å². The lowest BCUT2D eigenvalue weighted by atomic mass is 9.84. The van der Waals surface area contributed by atoms with Gasteiger partial charge in [-0.2, -0.15) is 0 Å². The molecule has 8 aromatic carbocycles. The van der Waals surface area contributed by atoms with Crippen LogP contribution in [0, 0.1) is 0 Å². The Kier molecular flexibility index (Phi) is 3.80. The highest BCUT2D eigenvalue weighted by atomic mass is 16.3. The maximum Gasteiger partial charge on any atom is 0.136 e. The minimum absolute atomic E-state index is 0.171. The molecule has 43 heavy (non-hydrogen) atoms. The van der Waals surface area contributed by atoms with Gasteiger partial charge >= 0.3 is 0 Å². The maximum atomic E-state index is 9.31. The predicted octanol–water partition coefficient (Wildman–Crippen LogP) is 12.0. The van der Waals surface area contributed by atoms with E-state index in [0.717, 1.165) is 27.3 Å². The van der Waals surface area contributed by atoms with E-state index < -0.39 is 24.2 Å². The Morgan fingerprint density at radius 3 is 1.74 bits per heavy atom. The molecule has 1 heterocycles. The van der Waals surface area contributed by atoms with Crippen molar-refractivity contribution in [3.63, 3.8) is 0 Å². The molecule has 0 aliphatic rings. The standard InChI is InChI=1S/C42H26O/c1-2-11-30-26-31(25-22-27(30)10-1)28-20-23-29(24-21-28)40-32-12-3-5-14-34(32)41(35-15-6-4-13-33(35)40)37-17-9-19-39-42(37)36-16-7-8-18-38(36)43-39/h1-26H/i3D,4D,5D,6D,12D,13D,14D,15D. The smallest absolute Gasteiger partial charge is 0.136 e. The van der Waals surface area contributed by atoms with Crippen LogP contribution >= 0.6 is 0 Å². The molecule has 1 heteroatoms. The summed E-state index contributed by atoms with van der Waals surface area (Å²) in [5.74, 6) is 0. The van der Waals surface area contributed by atoms with Gasteiger partial charge in [0.1, 0.15) is 11.2 Å². The van der Waals surface area contributed by atoms with E-state index in [0.29, 0.717) is 38.8 Å². The van der Waals surface area contributed by atoms with Crippen LogP contribution in [-0.4, -0.2) is 0 Å². The summed E-state index contributed by atoms with van der Waals surface area (Å²) in [4.78, 5) is 0. The first-order valence-electron chi connectivity index (χ1n) is 18.1. The molecule has 0 N–H and O–H groups in total. The van der Waals surface area contributed by atoms with E-state index in [1.807, 2.05) is 78.9 Å². The van der Waals surface area contributed by atoms with E-state index in [9.17, 15) is 5.48 Å². The maximum absolute atomic E-state index is 9.31. The third-order valence-electron chi connectivity index (χ3n) is 8.30. The number of fused-ring (bicyclic) bond motifs is 6. The van der Waals surface area contributed by atoms with Crippen molar-refractivity contribution in [1.29, 1.82) is 0 Å². The molecule has 0 atom stereocenters. The third-order valence-corrected chi connectivity index (χ3v) is 8.30. The highest BCUT2D eigenvalue weighted by Gasteiger charge is 2.20. The summed E-state index contributed by atoms with van der Waals surface area (Å²) in [5, 5.41) is 4.38. The van der Waals surface area contributed by atoms with Crippen LogP contribution in [0.2, 0.25) is 0 Å². The molecular weight excluding hydrogens is 520 g/mol. The molecule has 0 unspecified atom stereocenters. The number of rotatable bonds is 3. The van der Waals surface area contributed by atoms with Gasteiger partial charge in [0, 0.05) is 10.8 Å². The van der Waals surface area contributed by atoms with Crippen LogP contribution < -0.4 is 0 Å². The Balaban J connectivity index is 1.45. The van der Waals surface area contributed by atoms with Crippen LogP contribution in [0.4, 0.5) is 0 Å². The van der Waals surface area contributed by atoms with E-state index in [-0.39, 0.29) is 45.7 Å². The topological polar surface area (TPSA) is 13.1 Å². The second-order valence-corrected chi connectivity index (χ2v) is 10.7. The number of furan rings is 1. The van der Waals surface area contributed by atoms with Gasteiger partial charge in [0.15, 0.2) is 0 Å². The fourth-order valence-electron chi connectivity index (χ4n) is 6.36. The van der Waals surface area contributed by atoms with Crippen LogP contribution in [0.15, 0.2) is 162 Å². The minimum Gasteiger partial charge on any atom is -0.456 e. The van der Waals surface area contributed by atoms with Gasteiger partial charge < -0.3 is 4.42 Å². The average molecular weight is 555 g/mol. The van der Waals surface area contributed by atoms with Crippen molar-refractivity contribution in [3.8, 4) is 33.4 Å². The zero-order valence-electron chi connectivity index (χ0n) is 30.8. The molecule has 0 amide bonds. The molecule has 0 aliphatic carbocycles. The van der Waals surface area contributed by atoms with E-state index in [2.05, 4.69) is 24.3 Å². The highest BCUT2D eigenvalue weighted by molar-refractivity contribution is 6.25. The van der Waals surface area contributed by atoms with Gasteiger partial charge in [-0.15, -0.1) is 0 Å². The summed E-state index contributed by atoms with van der Waals surface area (Å²) in [6.07, 6.45) is 0. The quantitative estimate of drug-likeness (QED) is 0.198. The van der Waals surface area contributed by atoms with Crippen molar-refractivity contribution in [2.45, 2.75) is 0 Å². The zero-order valence-corrected chi connectivity index (χ0v) is 22.8. The van der Waals surface area contributed by atoms with Gasteiger partial charge in [-0.05, 0) is 83.9 Å². The van der Waals surface area contributed by atoms with Gasteiger partial charge in [0.05, 0.1) is 11.0 Å². The Labute approximate surface area is 260 Å². The third kappa shape index (κ3) is 3.72. The number of hydrogen-bond acceptors (Lipinski definition) is 1. The van der Waals surface area contributed by atoms with Gasteiger partial charge in [-0.25, -0.2) is 0 Å². The van der Waals surface area contributed by atoms with Gasteiger partial charge in [-0.1, -0.05) is 139 Å². The summed E-state index contributed by atoms with van der Waals surface area (Å²) < 4.78 is 78.4. The zero-order chi connectivity index (χ0) is 35.3. The lowest BCUT2D eigenvalue weighted by molar-refractivity contribution is 0.669. The summed E-state index contributed by atoms with van der Waals surface area (Å²) in [5.41, 5.74) is 4.81. The van der Waals surface area contributed by atoms with Crippen LogP contribution in [-0.2, 0) is 0 Å². The van der Waals surface area contributed by atoms with Crippen LogP contribution in [0.3, 0.4) is 0 Å². The average Bonchev–Trinajstić information content (AvgIpc) is 3.55. The normalized spacial score (nSPS) is 14.3. The van der Waals surface area contributed by atoms with Gasteiger partial charge in [-0.3, -0.25) is 0 Å². The SMILES string of the molecule is [2H]c1c([2H])c([2H])c2c(-c3cccc4oc5ccccc5c34)c3c([2H])c([2H])c([2H])c([2H])c3c(-c3ccc(-c4ccc5ccccc5c4)cc3)c2c1[2H]. The molecule has 0 saturated heterocycles. The first-order valence-corrected chi connectivity index (χ1v) is 14.1. The Morgan fingerprint density at radius 1 is 0.419 bits per heavy atom. The molecule has 1 nitrogen and oxygen atoms in total. The molecular formula is C42H26O. The van der Waals surface area contributed by atoms with Crippen LogP contribution in [0.25, 0.3) is 87.6 Å². The molecule has 9 rings (SSSR count). The van der Waals surface area contributed by atoms with E-state index in [1.54, 1.807) is 6.07 Å².